The zero-order valence-electron chi connectivity index (χ0n) is 11.1. The van der Waals surface area contributed by atoms with Crippen molar-refractivity contribution >= 4 is 15.9 Å². The summed E-state index contributed by atoms with van der Waals surface area (Å²) in [5, 5.41) is 0. The minimum Gasteiger partial charge on any atom is -0.321 e. The van der Waals surface area contributed by atoms with E-state index in [1.807, 2.05) is 25.1 Å². The molecule has 0 heterocycles. The Labute approximate surface area is 121 Å². The van der Waals surface area contributed by atoms with Gasteiger partial charge in [-0.25, -0.2) is 4.39 Å². The predicted octanol–water partition coefficient (Wildman–Crippen LogP) is 4.31. The molecular formula is C16H17BrFN. The van der Waals surface area contributed by atoms with Crippen LogP contribution < -0.4 is 5.73 Å². The van der Waals surface area contributed by atoms with E-state index in [-0.39, 0.29) is 5.82 Å². The van der Waals surface area contributed by atoms with Crippen molar-refractivity contribution in [1.82, 2.24) is 0 Å². The zero-order chi connectivity index (χ0) is 14.0. The highest BCUT2D eigenvalue weighted by atomic mass is 79.9. The lowest BCUT2D eigenvalue weighted by Crippen LogP contribution is -2.36. The molecule has 100 valence electrons. The van der Waals surface area contributed by atoms with Crippen LogP contribution >= 0.6 is 15.9 Å². The van der Waals surface area contributed by atoms with Crippen LogP contribution in [0.5, 0.6) is 0 Å². The first-order valence-electron chi connectivity index (χ1n) is 6.19. The van der Waals surface area contributed by atoms with Crippen molar-refractivity contribution in [2.24, 2.45) is 5.73 Å². The van der Waals surface area contributed by atoms with Gasteiger partial charge in [-0.2, -0.15) is 0 Å². The Hall–Kier alpha value is -1.19. The van der Waals surface area contributed by atoms with E-state index in [4.69, 9.17) is 5.73 Å². The van der Waals surface area contributed by atoms with Crippen molar-refractivity contribution in [3.05, 3.63) is 69.4 Å². The summed E-state index contributed by atoms with van der Waals surface area (Å²) in [7, 11) is 0. The van der Waals surface area contributed by atoms with Crippen molar-refractivity contribution in [2.45, 2.75) is 25.8 Å². The van der Waals surface area contributed by atoms with Gasteiger partial charge in [0.2, 0.25) is 0 Å². The molecule has 1 nitrogen and oxygen atoms in total. The van der Waals surface area contributed by atoms with Crippen LogP contribution in [0.1, 0.15) is 23.6 Å². The van der Waals surface area contributed by atoms with Crippen LogP contribution in [-0.2, 0) is 12.0 Å². The van der Waals surface area contributed by atoms with E-state index >= 15 is 0 Å². The molecule has 0 bridgehead atoms. The summed E-state index contributed by atoms with van der Waals surface area (Å²) in [4.78, 5) is 0. The minimum absolute atomic E-state index is 0.252. The first-order chi connectivity index (χ1) is 8.90. The summed E-state index contributed by atoms with van der Waals surface area (Å²) in [5.41, 5.74) is 9.29. The molecule has 0 saturated carbocycles. The molecule has 1 atom stereocenters. The fraction of sp³-hybridized carbons (Fsp3) is 0.250. The second kappa shape index (κ2) is 5.43. The predicted molar refractivity (Wildman–Crippen MR) is 80.5 cm³/mol. The van der Waals surface area contributed by atoms with Crippen LogP contribution in [0.3, 0.4) is 0 Å². The van der Waals surface area contributed by atoms with Gasteiger partial charge < -0.3 is 5.73 Å². The topological polar surface area (TPSA) is 26.0 Å². The molecule has 0 amide bonds. The number of hydrogen-bond acceptors (Lipinski definition) is 1. The van der Waals surface area contributed by atoms with Crippen LogP contribution in [0.4, 0.5) is 4.39 Å². The van der Waals surface area contributed by atoms with Crippen LogP contribution in [0.2, 0.25) is 0 Å². The molecule has 0 aliphatic carbocycles. The third-order valence-electron chi connectivity index (χ3n) is 3.32. The fourth-order valence-corrected chi connectivity index (χ4v) is 2.81. The zero-order valence-corrected chi connectivity index (χ0v) is 12.7. The van der Waals surface area contributed by atoms with Gasteiger partial charge in [-0.3, -0.25) is 0 Å². The van der Waals surface area contributed by atoms with Gasteiger partial charge >= 0.3 is 0 Å². The van der Waals surface area contributed by atoms with Gasteiger partial charge in [0.25, 0.3) is 0 Å². The highest BCUT2D eigenvalue weighted by Gasteiger charge is 2.23. The molecule has 0 aliphatic heterocycles. The maximum absolute atomic E-state index is 13.2. The van der Waals surface area contributed by atoms with Gasteiger partial charge in [0.15, 0.2) is 0 Å². The molecule has 19 heavy (non-hydrogen) atoms. The molecule has 2 N–H and O–H groups in total. The lowest BCUT2D eigenvalue weighted by atomic mass is 9.84. The molecule has 0 fully saturated rings. The molecule has 2 aromatic carbocycles. The number of aryl methyl sites for hydroxylation is 1. The largest absolute Gasteiger partial charge is 0.321 e. The third-order valence-corrected chi connectivity index (χ3v) is 3.92. The first kappa shape index (κ1) is 14.2. The molecule has 0 aliphatic rings. The molecule has 2 aromatic rings. The van der Waals surface area contributed by atoms with Crippen LogP contribution in [0.15, 0.2) is 46.9 Å². The fourth-order valence-electron chi connectivity index (χ4n) is 2.38. The Morgan fingerprint density at radius 1 is 1.21 bits per heavy atom. The van der Waals surface area contributed by atoms with E-state index in [0.29, 0.717) is 10.9 Å². The molecule has 1 unspecified atom stereocenters. The summed E-state index contributed by atoms with van der Waals surface area (Å²) < 4.78 is 13.7. The van der Waals surface area contributed by atoms with E-state index in [1.165, 1.54) is 11.6 Å². The summed E-state index contributed by atoms with van der Waals surface area (Å²) in [6, 6.07) is 13.1. The van der Waals surface area contributed by atoms with Crippen molar-refractivity contribution in [3.8, 4) is 0 Å². The van der Waals surface area contributed by atoms with Crippen LogP contribution in [-0.4, -0.2) is 0 Å². The molecule has 2 rings (SSSR count). The van der Waals surface area contributed by atoms with E-state index in [0.717, 1.165) is 11.1 Å². The maximum Gasteiger partial charge on any atom is 0.137 e. The van der Waals surface area contributed by atoms with E-state index < -0.39 is 5.54 Å². The Bertz CT molecular complexity index is 593. The van der Waals surface area contributed by atoms with E-state index in [1.54, 1.807) is 12.1 Å². The van der Waals surface area contributed by atoms with Gasteiger partial charge in [0, 0.05) is 5.54 Å². The molecule has 0 aromatic heterocycles. The number of benzene rings is 2. The van der Waals surface area contributed by atoms with Crippen LogP contribution in [0.25, 0.3) is 0 Å². The summed E-state index contributed by atoms with van der Waals surface area (Å²) >= 11 is 3.21. The lowest BCUT2D eigenvalue weighted by Gasteiger charge is -2.27. The van der Waals surface area contributed by atoms with Crippen molar-refractivity contribution in [3.63, 3.8) is 0 Å². The summed E-state index contributed by atoms with van der Waals surface area (Å²) in [6.45, 7) is 4.06. The molecule has 0 spiro atoms. The monoisotopic (exact) mass is 321 g/mol. The average Bonchev–Trinajstić information content (AvgIpc) is 2.34. The smallest absolute Gasteiger partial charge is 0.137 e. The molecule has 3 heteroatoms. The van der Waals surface area contributed by atoms with Gasteiger partial charge in [0.05, 0.1) is 4.47 Å². The molecule has 0 saturated heterocycles. The van der Waals surface area contributed by atoms with Gasteiger partial charge in [0.1, 0.15) is 5.82 Å². The summed E-state index contributed by atoms with van der Waals surface area (Å²) in [6.07, 6.45) is 0.663. The number of halogens is 2. The second-order valence-electron chi connectivity index (χ2n) is 5.16. The number of nitrogens with two attached hydrogens (primary N) is 1. The molecular weight excluding hydrogens is 305 g/mol. The number of hydrogen-bond donors (Lipinski definition) is 1. The quantitative estimate of drug-likeness (QED) is 0.895. The van der Waals surface area contributed by atoms with E-state index in [2.05, 4.69) is 28.9 Å². The van der Waals surface area contributed by atoms with Gasteiger partial charge in [-0.05, 0) is 65.0 Å². The Morgan fingerprint density at radius 2 is 1.89 bits per heavy atom. The number of rotatable bonds is 3. The van der Waals surface area contributed by atoms with Gasteiger partial charge in [-0.15, -0.1) is 0 Å². The standard InChI is InChI=1S/C16H17BrFN/c1-11-5-3-4-6-13(11)16(2,19)10-12-7-8-15(18)14(17)9-12/h3-9H,10,19H2,1-2H3. The SMILES string of the molecule is Cc1ccccc1C(C)(N)Cc1ccc(F)c(Br)c1. The highest BCUT2D eigenvalue weighted by molar-refractivity contribution is 9.10. The van der Waals surface area contributed by atoms with E-state index in [9.17, 15) is 4.39 Å². The van der Waals surface area contributed by atoms with Crippen molar-refractivity contribution in [1.29, 1.82) is 0 Å². The Balaban J connectivity index is 2.31. The molecule has 0 radical (unpaired) electrons. The second-order valence-corrected chi connectivity index (χ2v) is 6.01. The summed E-state index contributed by atoms with van der Waals surface area (Å²) in [5.74, 6) is -0.252. The van der Waals surface area contributed by atoms with Crippen LogP contribution in [0, 0.1) is 12.7 Å². The van der Waals surface area contributed by atoms with Gasteiger partial charge in [-0.1, -0.05) is 30.3 Å². The van der Waals surface area contributed by atoms with Crippen molar-refractivity contribution < 1.29 is 4.39 Å². The van der Waals surface area contributed by atoms with Crippen molar-refractivity contribution in [2.75, 3.05) is 0 Å². The first-order valence-corrected chi connectivity index (χ1v) is 6.98. The third kappa shape index (κ3) is 3.23. The maximum atomic E-state index is 13.2. The normalized spacial score (nSPS) is 14.2. The Kier molecular flexibility index (Phi) is 4.07. The highest BCUT2D eigenvalue weighted by Crippen LogP contribution is 2.27. The average molecular weight is 322 g/mol. The minimum atomic E-state index is -0.470. The Morgan fingerprint density at radius 3 is 2.53 bits per heavy atom. The lowest BCUT2D eigenvalue weighted by molar-refractivity contribution is 0.487.